The summed E-state index contributed by atoms with van der Waals surface area (Å²) in [6.07, 6.45) is 0. The zero-order chi connectivity index (χ0) is 13.8. The first kappa shape index (κ1) is 14.5. The molecule has 1 atom stereocenters. The topological polar surface area (TPSA) is 55.2 Å². The lowest BCUT2D eigenvalue weighted by Gasteiger charge is -2.34. The summed E-state index contributed by atoms with van der Waals surface area (Å²) in [5.74, 6) is 0. The van der Waals surface area contributed by atoms with Crippen LogP contribution < -0.4 is 5.32 Å². The fraction of sp³-hybridized carbons (Fsp3) is 0.667. The van der Waals surface area contributed by atoms with Crippen LogP contribution in [0.5, 0.6) is 0 Å². The van der Waals surface area contributed by atoms with Crippen LogP contribution in [0.2, 0.25) is 5.15 Å². The van der Waals surface area contributed by atoms with Gasteiger partial charge in [0.05, 0.1) is 0 Å². The Hall–Kier alpha value is -0.870. The van der Waals surface area contributed by atoms with Gasteiger partial charge in [0.25, 0.3) is 0 Å². The van der Waals surface area contributed by atoms with E-state index >= 15 is 0 Å². The first-order valence-electron chi connectivity index (χ1n) is 6.33. The van der Waals surface area contributed by atoms with Crippen molar-refractivity contribution >= 4 is 28.1 Å². The highest BCUT2D eigenvalue weighted by atomic mass is 35.5. The van der Waals surface area contributed by atoms with Crippen LogP contribution in [0.3, 0.4) is 0 Å². The summed E-state index contributed by atoms with van der Waals surface area (Å²) in [6, 6.07) is 2.36. The van der Waals surface area contributed by atoms with Crippen LogP contribution >= 0.6 is 23.1 Å². The molecule has 0 spiro atoms. The maximum atomic E-state index is 9.03. The molecule has 1 saturated heterocycles. The zero-order valence-electron chi connectivity index (χ0n) is 11.2. The van der Waals surface area contributed by atoms with Crippen molar-refractivity contribution in [3.8, 4) is 6.07 Å². The molecule has 1 unspecified atom stereocenters. The minimum atomic E-state index is 0.270. The molecule has 7 heteroatoms. The quantitative estimate of drug-likeness (QED) is 0.917. The van der Waals surface area contributed by atoms with E-state index in [1.165, 1.54) is 11.5 Å². The van der Waals surface area contributed by atoms with Gasteiger partial charge in [-0.25, -0.2) is 0 Å². The molecule has 2 heterocycles. The predicted molar refractivity (Wildman–Crippen MR) is 78.9 cm³/mol. The van der Waals surface area contributed by atoms with Crippen LogP contribution in [-0.2, 0) is 0 Å². The number of hydrogen-bond acceptors (Lipinski definition) is 6. The highest BCUT2D eigenvalue weighted by Gasteiger charge is 2.18. The van der Waals surface area contributed by atoms with Gasteiger partial charge in [-0.15, -0.1) is 0 Å². The number of anilines is 1. The van der Waals surface area contributed by atoms with Gasteiger partial charge in [-0.3, -0.25) is 4.90 Å². The van der Waals surface area contributed by atoms with E-state index < -0.39 is 0 Å². The van der Waals surface area contributed by atoms with Crippen LogP contribution in [0.25, 0.3) is 0 Å². The minimum Gasteiger partial charge on any atom is -0.371 e. The molecule has 19 heavy (non-hydrogen) atoms. The number of nitrogens with zero attached hydrogens (tertiary/aromatic N) is 4. The number of halogens is 1. The maximum absolute atomic E-state index is 9.03. The van der Waals surface area contributed by atoms with Crippen LogP contribution in [0, 0.1) is 11.3 Å². The van der Waals surface area contributed by atoms with Crippen molar-refractivity contribution in [1.29, 1.82) is 5.26 Å². The summed E-state index contributed by atoms with van der Waals surface area (Å²) in [6.45, 7) is 7.50. The van der Waals surface area contributed by atoms with Crippen molar-refractivity contribution < 1.29 is 0 Å². The molecule has 1 N–H and O–H groups in total. The predicted octanol–water partition coefficient (Wildman–Crippen LogP) is 1.72. The Balaban J connectivity index is 1.87. The number of piperazine rings is 1. The van der Waals surface area contributed by atoms with Crippen molar-refractivity contribution in [3.63, 3.8) is 0 Å². The monoisotopic (exact) mass is 299 g/mol. The van der Waals surface area contributed by atoms with E-state index in [2.05, 4.69) is 39.5 Å². The first-order valence-corrected chi connectivity index (χ1v) is 7.48. The van der Waals surface area contributed by atoms with Crippen molar-refractivity contribution in [3.05, 3.63) is 10.7 Å². The normalized spacial score (nSPS) is 19.1. The minimum absolute atomic E-state index is 0.270. The molecule has 1 aromatic rings. The second-order valence-electron chi connectivity index (χ2n) is 4.94. The summed E-state index contributed by atoms with van der Waals surface area (Å²) in [4.78, 5) is 4.78. The first-order chi connectivity index (χ1) is 9.10. The van der Waals surface area contributed by atoms with Gasteiger partial charge in [0.1, 0.15) is 16.6 Å². The van der Waals surface area contributed by atoms with Crippen LogP contribution in [0.15, 0.2) is 0 Å². The molecule has 1 aliphatic rings. The Bertz CT molecular complexity index is 461. The molecule has 0 saturated carbocycles. The van der Waals surface area contributed by atoms with Gasteiger partial charge in [-0.05, 0) is 25.5 Å². The lowest BCUT2D eigenvalue weighted by atomic mass is 10.2. The van der Waals surface area contributed by atoms with E-state index in [0.717, 1.165) is 37.7 Å². The number of likely N-dealkylation sites (N-methyl/N-ethyl adjacent to an activating group) is 1. The molecule has 1 aromatic heterocycles. The lowest BCUT2D eigenvalue weighted by molar-refractivity contribution is 0.151. The Kier molecular flexibility index (Phi) is 4.99. The Morgan fingerprint density at radius 2 is 2.16 bits per heavy atom. The Labute approximate surface area is 122 Å². The standard InChI is InChI=1S/C12H18ClN5S/c1-9(8-18-5-3-17(2)4-6-18)15-12-10(7-14)11(13)16-19-12/h9,15H,3-6,8H2,1-2H3. The van der Waals surface area contributed by atoms with Crippen molar-refractivity contribution in [2.75, 3.05) is 45.1 Å². The highest BCUT2D eigenvalue weighted by molar-refractivity contribution is 7.10. The van der Waals surface area contributed by atoms with E-state index in [0.29, 0.717) is 10.7 Å². The number of aromatic nitrogens is 1. The Morgan fingerprint density at radius 3 is 2.79 bits per heavy atom. The van der Waals surface area contributed by atoms with Gasteiger partial charge < -0.3 is 10.2 Å². The molecule has 2 rings (SSSR count). The Morgan fingerprint density at radius 1 is 1.47 bits per heavy atom. The van der Waals surface area contributed by atoms with E-state index in [-0.39, 0.29) is 6.04 Å². The molecule has 0 amide bonds. The molecule has 0 aromatic carbocycles. The summed E-state index contributed by atoms with van der Waals surface area (Å²) >= 11 is 7.11. The van der Waals surface area contributed by atoms with Gasteiger partial charge in [-0.2, -0.15) is 9.64 Å². The van der Waals surface area contributed by atoms with Gasteiger partial charge in [0.15, 0.2) is 5.15 Å². The average Bonchev–Trinajstić information content (AvgIpc) is 2.72. The van der Waals surface area contributed by atoms with Crippen molar-refractivity contribution in [2.24, 2.45) is 0 Å². The average molecular weight is 300 g/mol. The molecule has 1 aliphatic heterocycles. The molecular formula is C12H18ClN5S. The lowest BCUT2D eigenvalue weighted by Crippen LogP contribution is -2.47. The van der Waals surface area contributed by atoms with Crippen LogP contribution in [0.1, 0.15) is 12.5 Å². The molecular weight excluding hydrogens is 282 g/mol. The number of nitrogens with one attached hydrogen (secondary N) is 1. The van der Waals surface area contributed by atoms with Crippen LogP contribution in [-0.4, -0.2) is 60.0 Å². The summed E-state index contributed by atoms with van der Waals surface area (Å²) in [7, 11) is 2.15. The highest BCUT2D eigenvalue weighted by Crippen LogP contribution is 2.28. The molecule has 104 valence electrons. The zero-order valence-corrected chi connectivity index (χ0v) is 12.8. The van der Waals surface area contributed by atoms with Crippen LogP contribution in [0.4, 0.5) is 5.00 Å². The molecule has 0 radical (unpaired) electrons. The fourth-order valence-corrected chi connectivity index (χ4v) is 3.20. The van der Waals surface area contributed by atoms with E-state index in [9.17, 15) is 0 Å². The van der Waals surface area contributed by atoms with E-state index in [1.54, 1.807) is 0 Å². The fourth-order valence-electron chi connectivity index (χ4n) is 2.15. The smallest absolute Gasteiger partial charge is 0.162 e. The third-order valence-corrected chi connectivity index (χ3v) is 4.42. The van der Waals surface area contributed by atoms with Gasteiger partial charge in [0, 0.05) is 38.8 Å². The van der Waals surface area contributed by atoms with E-state index in [4.69, 9.17) is 16.9 Å². The third kappa shape index (κ3) is 3.80. The second-order valence-corrected chi connectivity index (χ2v) is 6.07. The van der Waals surface area contributed by atoms with Gasteiger partial charge >= 0.3 is 0 Å². The molecule has 0 aliphatic carbocycles. The molecule has 0 bridgehead atoms. The number of nitriles is 1. The largest absolute Gasteiger partial charge is 0.371 e. The van der Waals surface area contributed by atoms with Crippen molar-refractivity contribution in [2.45, 2.75) is 13.0 Å². The summed E-state index contributed by atoms with van der Waals surface area (Å²) < 4.78 is 4.00. The SMILES string of the molecule is CC(CN1CCN(C)CC1)Nc1snc(Cl)c1C#N. The van der Waals surface area contributed by atoms with Crippen molar-refractivity contribution in [1.82, 2.24) is 14.2 Å². The maximum Gasteiger partial charge on any atom is 0.162 e. The molecule has 5 nitrogen and oxygen atoms in total. The summed E-state index contributed by atoms with van der Waals surface area (Å²) in [5, 5.41) is 13.4. The second kappa shape index (κ2) is 6.53. The number of rotatable bonds is 4. The summed E-state index contributed by atoms with van der Waals surface area (Å²) in [5.41, 5.74) is 0.455. The molecule has 1 fully saturated rings. The van der Waals surface area contributed by atoms with Gasteiger partial charge in [-0.1, -0.05) is 11.6 Å². The van der Waals surface area contributed by atoms with E-state index in [1.807, 2.05) is 0 Å². The van der Waals surface area contributed by atoms with Gasteiger partial charge in [0.2, 0.25) is 0 Å². The number of hydrogen-bond donors (Lipinski definition) is 1. The third-order valence-electron chi connectivity index (χ3n) is 3.27.